The molecule has 0 aromatic heterocycles. The van der Waals surface area contributed by atoms with E-state index in [0.29, 0.717) is 21.2 Å². The average Bonchev–Trinajstić information content (AvgIpc) is 2.69. The Labute approximate surface area is 124 Å². The number of fused-ring (bicyclic) bond motifs is 1. The third kappa shape index (κ3) is 3.36. The summed E-state index contributed by atoms with van der Waals surface area (Å²) in [6, 6.07) is 0. The second-order valence-corrected chi connectivity index (χ2v) is 9.78. The zero-order valence-electron chi connectivity index (χ0n) is 10.2. The molecule has 2 aliphatic rings. The Hall–Kier alpha value is 1.20. The van der Waals surface area contributed by atoms with Crippen molar-refractivity contribution in [1.82, 2.24) is 0 Å². The van der Waals surface area contributed by atoms with E-state index in [4.69, 9.17) is 0 Å². The van der Waals surface area contributed by atoms with E-state index in [1.807, 2.05) is 0 Å². The molecule has 1 aliphatic heterocycles. The molecule has 0 nitrogen and oxygen atoms in total. The molecule has 0 aromatic rings. The maximum atomic E-state index is 4.18. The molecule has 0 amide bonds. The summed E-state index contributed by atoms with van der Waals surface area (Å²) in [6.07, 6.45) is 7.44. The fourth-order valence-electron chi connectivity index (χ4n) is 3.35. The third-order valence-electron chi connectivity index (χ3n) is 4.21. The Bertz CT molecular complexity index is 249. The molecule has 2 fully saturated rings. The van der Waals surface area contributed by atoms with Crippen LogP contribution in [0, 0.1) is 17.8 Å². The zero-order valence-corrected chi connectivity index (χ0v) is 14.5. The molecule has 0 spiro atoms. The van der Waals surface area contributed by atoms with Crippen molar-refractivity contribution in [2.45, 2.75) is 43.0 Å². The summed E-state index contributed by atoms with van der Waals surface area (Å²) in [5.74, 6) is 3.23. The predicted octanol–water partition coefficient (Wildman–Crippen LogP) is 1.28. The predicted molar refractivity (Wildman–Crippen MR) is 75.9 cm³/mol. The van der Waals surface area contributed by atoms with E-state index in [9.17, 15) is 0 Å². The normalized spacial score (nSPS) is 38.9. The van der Waals surface area contributed by atoms with Crippen LogP contribution in [0.3, 0.4) is 0 Å². The molecule has 4 atom stereocenters. The van der Waals surface area contributed by atoms with E-state index in [1.165, 1.54) is 31.3 Å². The van der Waals surface area contributed by atoms with Gasteiger partial charge in [0.15, 0.2) is 0 Å². The van der Waals surface area contributed by atoms with Crippen molar-refractivity contribution in [2.75, 3.05) is 8.86 Å². The van der Waals surface area contributed by atoms with Crippen LogP contribution in [0.1, 0.15) is 39.0 Å². The van der Waals surface area contributed by atoms with Crippen LogP contribution in [0.4, 0.5) is 0 Å². The van der Waals surface area contributed by atoms with Crippen molar-refractivity contribution in [1.29, 1.82) is 0 Å². The van der Waals surface area contributed by atoms with Gasteiger partial charge in [-0.1, -0.05) is 0 Å². The summed E-state index contributed by atoms with van der Waals surface area (Å²) in [5.41, 5.74) is 1.48. The number of alkyl halides is 3. The number of hydrogen-bond donors (Lipinski definition) is 0. The minimum atomic E-state index is 0.547. The Morgan fingerprint density at radius 2 is 2.06 bits per heavy atom. The molecule has 0 aromatic carbocycles. The van der Waals surface area contributed by atoms with Gasteiger partial charge in [0.25, 0.3) is 0 Å². The van der Waals surface area contributed by atoms with Gasteiger partial charge in [0.05, 0.1) is 0 Å². The van der Waals surface area contributed by atoms with Gasteiger partial charge in [-0.25, -0.2) is 0 Å². The molecular weight excluding hydrogens is 422 g/mol. The summed E-state index contributed by atoms with van der Waals surface area (Å²) in [7, 11) is 0. The van der Waals surface area contributed by atoms with Gasteiger partial charge in [0.1, 0.15) is 0 Å². The van der Waals surface area contributed by atoms with E-state index in [1.54, 1.807) is 10.8 Å². The van der Waals surface area contributed by atoms with E-state index >= 15 is 0 Å². The van der Waals surface area contributed by atoms with Crippen molar-refractivity contribution in [3.63, 3.8) is 0 Å². The molecule has 94 valence electrons. The fourth-order valence-corrected chi connectivity index (χ4v) is 7.75. The topological polar surface area (TPSA) is 0 Å². The van der Waals surface area contributed by atoms with Crippen LogP contribution < -0.4 is 21.2 Å². The monoisotopic (exact) mass is 445 g/mol. The molecule has 4 unspecified atom stereocenters. The number of hydrogen-bond acceptors (Lipinski definition) is 0. The van der Waals surface area contributed by atoms with E-state index in [0.717, 1.165) is 26.1 Å². The Morgan fingerprint density at radius 3 is 2.75 bits per heavy atom. The van der Waals surface area contributed by atoms with E-state index < -0.39 is 0 Å². The number of rotatable bonds is 4. The molecule has 2 rings (SSSR count). The molecule has 0 bridgehead atoms. The molecule has 1 heterocycles. The van der Waals surface area contributed by atoms with Gasteiger partial charge in [-0.05, 0) is 0 Å². The fraction of sp³-hybridized carbons (Fsp3) is 0.857. The molecule has 0 radical (unpaired) electrons. The zero-order chi connectivity index (χ0) is 11.5. The minimum absolute atomic E-state index is 0.547. The maximum absolute atomic E-state index is 4.18. The van der Waals surface area contributed by atoms with Gasteiger partial charge in [-0.2, -0.15) is 0 Å². The van der Waals surface area contributed by atoms with Gasteiger partial charge < -0.3 is 0 Å². The second kappa shape index (κ2) is 6.39. The first-order valence-electron chi connectivity index (χ1n) is 6.53. The average molecular weight is 445 g/mol. The number of allylic oxidation sites excluding steroid dienone is 1. The molecule has 2 heteroatoms. The van der Waals surface area contributed by atoms with Gasteiger partial charge in [0, 0.05) is 0 Å². The quantitative estimate of drug-likeness (QED) is 0.348. The summed E-state index contributed by atoms with van der Waals surface area (Å²) in [4.78, 5) is 0. The van der Waals surface area contributed by atoms with E-state index in [2.05, 4.69) is 36.1 Å². The van der Waals surface area contributed by atoms with Crippen LogP contribution in [0.25, 0.3) is 0 Å². The van der Waals surface area contributed by atoms with Gasteiger partial charge in [-0.15, -0.1) is 0 Å². The summed E-state index contributed by atoms with van der Waals surface area (Å²) in [6.45, 7) is 6.58. The summed E-state index contributed by atoms with van der Waals surface area (Å²) >= 11 is 3.00. The van der Waals surface area contributed by atoms with Gasteiger partial charge in [0.2, 0.25) is 0 Å². The first kappa shape index (κ1) is 13.6. The van der Waals surface area contributed by atoms with Crippen LogP contribution >= 0.6 is 22.6 Å². The SMILES string of the molecule is C=C(CI)CC1CC2C[I-]C(CC)CC2C1. The van der Waals surface area contributed by atoms with Crippen molar-refractivity contribution < 1.29 is 21.2 Å². The van der Waals surface area contributed by atoms with Crippen LogP contribution in [0.2, 0.25) is 0 Å². The van der Waals surface area contributed by atoms with Gasteiger partial charge >= 0.3 is 126 Å². The molecular formula is C14H23I2-. The van der Waals surface area contributed by atoms with Crippen molar-refractivity contribution in [3.8, 4) is 0 Å². The first-order valence-corrected chi connectivity index (χ1v) is 10.8. The standard InChI is InChI=1S/C14H23I2/c1-3-14-7-12-5-11(4-10(2)8-15)6-13(12)9-16-14/h11-14H,2-9H2,1H3/q-1. The summed E-state index contributed by atoms with van der Waals surface area (Å²) < 4.78 is 3.95. The number of halogens is 2. The molecule has 16 heavy (non-hydrogen) atoms. The Balaban J connectivity index is 1.84. The van der Waals surface area contributed by atoms with Crippen molar-refractivity contribution >= 4 is 22.6 Å². The van der Waals surface area contributed by atoms with Crippen LogP contribution in [-0.2, 0) is 0 Å². The van der Waals surface area contributed by atoms with Crippen LogP contribution in [0.5, 0.6) is 0 Å². The van der Waals surface area contributed by atoms with E-state index in [-0.39, 0.29) is 0 Å². The first-order chi connectivity index (χ1) is 7.72. The second-order valence-electron chi connectivity index (χ2n) is 5.50. The molecule has 0 N–H and O–H groups in total. The molecule has 1 saturated heterocycles. The molecule has 1 saturated carbocycles. The Morgan fingerprint density at radius 1 is 1.31 bits per heavy atom. The van der Waals surface area contributed by atoms with Crippen molar-refractivity contribution in [2.24, 2.45) is 17.8 Å². The van der Waals surface area contributed by atoms with Gasteiger partial charge in [-0.3, -0.25) is 0 Å². The molecule has 1 aliphatic carbocycles. The van der Waals surface area contributed by atoms with Crippen molar-refractivity contribution in [3.05, 3.63) is 12.2 Å². The van der Waals surface area contributed by atoms with Crippen LogP contribution in [-0.4, -0.2) is 12.8 Å². The van der Waals surface area contributed by atoms with Crippen LogP contribution in [0.15, 0.2) is 12.2 Å². The summed E-state index contributed by atoms with van der Waals surface area (Å²) in [5, 5.41) is 0. The Kier molecular flexibility index (Phi) is 5.44. The third-order valence-corrected chi connectivity index (χ3v) is 9.57.